The Morgan fingerprint density at radius 1 is 1.50 bits per heavy atom. The normalized spacial score (nSPS) is 26.0. The van der Waals surface area contributed by atoms with Crippen LogP contribution in [0.5, 0.6) is 0 Å². The summed E-state index contributed by atoms with van der Waals surface area (Å²) in [6.07, 6.45) is 5.13. The second-order valence-corrected chi connectivity index (χ2v) is 3.52. The van der Waals surface area contributed by atoms with Crippen LogP contribution in [0.25, 0.3) is 0 Å². The summed E-state index contributed by atoms with van der Waals surface area (Å²) in [7, 11) is 0. The van der Waals surface area contributed by atoms with Crippen LogP contribution in [0.4, 0.5) is 0 Å². The fourth-order valence-electron chi connectivity index (χ4n) is 1.94. The van der Waals surface area contributed by atoms with Crippen molar-refractivity contribution in [2.24, 2.45) is 5.90 Å². The van der Waals surface area contributed by atoms with Gasteiger partial charge in [-0.2, -0.15) is 0 Å². The second-order valence-electron chi connectivity index (χ2n) is 3.52. The smallest absolute Gasteiger partial charge is 0.0834 e. The van der Waals surface area contributed by atoms with Gasteiger partial charge in [-0.3, -0.25) is 4.90 Å². The minimum atomic E-state index is 0.573. The molecular weight excluding hydrogens is 152 g/mol. The second kappa shape index (κ2) is 5.51. The zero-order valence-electron chi connectivity index (χ0n) is 7.96. The third-order valence-electron chi connectivity index (χ3n) is 2.55. The van der Waals surface area contributed by atoms with Crippen LogP contribution in [-0.2, 0) is 4.84 Å². The van der Waals surface area contributed by atoms with Crippen molar-refractivity contribution in [2.45, 2.75) is 38.6 Å². The first-order chi connectivity index (χ1) is 5.88. The summed E-state index contributed by atoms with van der Waals surface area (Å²) in [5, 5.41) is 0. The molecule has 1 fully saturated rings. The predicted molar refractivity (Wildman–Crippen MR) is 49.6 cm³/mol. The van der Waals surface area contributed by atoms with Gasteiger partial charge in [0.25, 0.3) is 0 Å². The Morgan fingerprint density at radius 3 is 3.00 bits per heavy atom. The van der Waals surface area contributed by atoms with Crippen molar-refractivity contribution in [2.75, 3.05) is 19.7 Å². The van der Waals surface area contributed by atoms with Crippen LogP contribution in [-0.4, -0.2) is 30.6 Å². The molecular formula is C9H20N2O. The summed E-state index contributed by atoms with van der Waals surface area (Å²) in [6, 6.07) is 0.573. The van der Waals surface area contributed by atoms with Gasteiger partial charge in [-0.1, -0.05) is 13.3 Å². The number of likely N-dealkylation sites (tertiary alicyclic amines) is 1. The third kappa shape index (κ3) is 2.73. The zero-order valence-corrected chi connectivity index (χ0v) is 7.96. The molecule has 1 aliphatic heterocycles. The van der Waals surface area contributed by atoms with Crippen LogP contribution in [0, 0.1) is 0 Å². The molecule has 2 N–H and O–H groups in total. The fraction of sp³-hybridized carbons (Fsp3) is 1.00. The highest BCUT2D eigenvalue weighted by Gasteiger charge is 2.20. The van der Waals surface area contributed by atoms with E-state index in [1.54, 1.807) is 0 Å². The summed E-state index contributed by atoms with van der Waals surface area (Å²) in [6.45, 7) is 5.32. The molecule has 1 heterocycles. The Hall–Kier alpha value is -0.120. The number of piperidine rings is 1. The molecule has 0 aliphatic carbocycles. The highest BCUT2D eigenvalue weighted by Crippen LogP contribution is 2.16. The number of nitrogens with zero attached hydrogens (tertiary/aromatic N) is 1. The summed E-state index contributed by atoms with van der Waals surface area (Å²) < 4.78 is 0. The maximum Gasteiger partial charge on any atom is 0.0834 e. The lowest BCUT2D eigenvalue weighted by Crippen LogP contribution is -2.43. The maximum absolute atomic E-state index is 5.09. The van der Waals surface area contributed by atoms with Gasteiger partial charge >= 0.3 is 0 Å². The molecule has 0 aromatic heterocycles. The topological polar surface area (TPSA) is 38.5 Å². The average molecular weight is 172 g/mol. The molecule has 0 aromatic rings. The summed E-state index contributed by atoms with van der Waals surface area (Å²) >= 11 is 0. The molecule has 0 radical (unpaired) electrons. The maximum atomic E-state index is 5.09. The van der Waals surface area contributed by atoms with E-state index in [1.807, 2.05) is 0 Å². The molecule has 0 bridgehead atoms. The van der Waals surface area contributed by atoms with Crippen molar-refractivity contribution >= 4 is 0 Å². The Bertz CT molecular complexity index is 101. The lowest BCUT2D eigenvalue weighted by Gasteiger charge is -2.34. The Kier molecular flexibility index (Phi) is 4.58. The van der Waals surface area contributed by atoms with E-state index in [9.17, 15) is 0 Å². The van der Waals surface area contributed by atoms with E-state index in [-0.39, 0.29) is 0 Å². The van der Waals surface area contributed by atoms with E-state index in [0.717, 1.165) is 0 Å². The van der Waals surface area contributed by atoms with E-state index in [2.05, 4.69) is 11.8 Å². The van der Waals surface area contributed by atoms with Gasteiger partial charge in [0.05, 0.1) is 6.61 Å². The number of nitrogens with two attached hydrogens (primary N) is 1. The zero-order chi connectivity index (χ0) is 8.81. The minimum absolute atomic E-state index is 0.573. The molecule has 1 saturated heterocycles. The first-order valence-electron chi connectivity index (χ1n) is 4.94. The summed E-state index contributed by atoms with van der Waals surface area (Å²) in [4.78, 5) is 7.21. The highest BCUT2D eigenvalue weighted by atomic mass is 16.6. The van der Waals surface area contributed by atoms with Crippen LogP contribution in [0.15, 0.2) is 0 Å². The SMILES string of the molecule is CCCN1CCCCC1CON. The van der Waals surface area contributed by atoms with E-state index >= 15 is 0 Å². The van der Waals surface area contributed by atoms with Crippen molar-refractivity contribution in [3.63, 3.8) is 0 Å². The van der Waals surface area contributed by atoms with Crippen LogP contribution in [0.3, 0.4) is 0 Å². The van der Waals surface area contributed by atoms with Gasteiger partial charge in [-0.25, -0.2) is 5.90 Å². The van der Waals surface area contributed by atoms with E-state index in [0.29, 0.717) is 12.6 Å². The largest absolute Gasteiger partial charge is 0.303 e. The predicted octanol–water partition coefficient (Wildman–Crippen LogP) is 1.14. The number of rotatable bonds is 4. The molecule has 0 amide bonds. The van der Waals surface area contributed by atoms with Gasteiger partial charge in [0.2, 0.25) is 0 Å². The third-order valence-corrected chi connectivity index (χ3v) is 2.55. The number of hydrogen-bond acceptors (Lipinski definition) is 3. The molecule has 3 nitrogen and oxygen atoms in total. The molecule has 0 spiro atoms. The Morgan fingerprint density at radius 2 is 2.33 bits per heavy atom. The lowest BCUT2D eigenvalue weighted by molar-refractivity contribution is 0.0401. The van der Waals surface area contributed by atoms with Gasteiger partial charge in [0, 0.05) is 6.04 Å². The summed E-state index contributed by atoms with van der Waals surface area (Å²) in [5.41, 5.74) is 0. The average Bonchev–Trinajstić information content (AvgIpc) is 2.09. The van der Waals surface area contributed by atoms with Crippen LogP contribution in [0.1, 0.15) is 32.6 Å². The molecule has 1 rings (SSSR count). The molecule has 72 valence electrons. The Labute approximate surface area is 74.8 Å². The van der Waals surface area contributed by atoms with Crippen molar-refractivity contribution in [1.29, 1.82) is 0 Å². The van der Waals surface area contributed by atoms with E-state index in [1.165, 1.54) is 38.8 Å². The monoisotopic (exact) mass is 172 g/mol. The molecule has 1 unspecified atom stereocenters. The van der Waals surface area contributed by atoms with Gasteiger partial charge in [0.15, 0.2) is 0 Å². The lowest BCUT2D eigenvalue weighted by atomic mass is 10.0. The van der Waals surface area contributed by atoms with Gasteiger partial charge in [-0.05, 0) is 32.4 Å². The van der Waals surface area contributed by atoms with Gasteiger partial charge < -0.3 is 4.84 Å². The Balaban J connectivity index is 2.31. The highest BCUT2D eigenvalue weighted by molar-refractivity contribution is 4.75. The summed E-state index contributed by atoms with van der Waals surface area (Å²) in [5.74, 6) is 5.09. The molecule has 0 saturated carbocycles. The van der Waals surface area contributed by atoms with E-state index < -0.39 is 0 Å². The van der Waals surface area contributed by atoms with Crippen LogP contribution < -0.4 is 5.90 Å². The first kappa shape index (κ1) is 9.96. The quantitative estimate of drug-likeness (QED) is 0.646. The van der Waals surface area contributed by atoms with Crippen molar-refractivity contribution < 1.29 is 4.84 Å². The molecule has 0 aromatic carbocycles. The minimum Gasteiger partial charge on any atom is -0.303 e. The number of hydrogen-bond donors (Lipinski definition) is 1. The molecule has 1 atom stereocenters. The molecule has 12 heavy (non-hydrogen) atoms. The first-order valence-corrected chi connectivity index (χ1v) is 4.94. The van der Waals surface area contributed by atoms with Crippen molar-refractivity contribution in [1.82, 2.24) is 4.90 Å². The standard InChI is InChI=1S/C9H20N2O/c1-2-6-11-7-4-3-5-9(11)8-12-10/h9H,2-8,10H2,1H3. The van der Waals surface area contributed by atoms with E-state index in [4.69, 9.17) is 10.7 Å². The van der Waals surface area contributed by atoms with Crippen molar-refractivity contribution in [3.8, 4) is 0 Å². The van der Waals surface area contributed by atoms with Gasteiger partial charge in [0.1, 0.15) is 0 Å². The molecule has 1 aliphatic rings. The fourth-order valence-corrected chi connectivity index (χ4v) is 1.94. The molecule has 3 heteroatoms. The van der Waals surface area contributed by atoms with Crippen LogP contribution in [0.2, 0.25) is 0 Å². The van der Waals surface area contributed by atoms with Crippen molar-refractivity contribution in [3.05, 3.63) is 0 Å². The van der Waals surface area contributed by atoms with Crippen LogP contribution >= 0.6 is 0 Å². The van der Waals surface area contributed by atoms with Gasteiger partial charge in [-0.15, -0.1) is 0 Å².